The van der Waals surface area contributed by atoms with Gasteiger partial charge in [0.2, 0.25) is 5.91 Å². The van der Waals surface area contributed by atoms with Crippen LogP contribution in [-0.4, -0.2) is 87.8 Å². The lowest BCUT2D eigenvalue weighted by atomic mass is 10.1. The zero-order chi connectivity index (χ0) is 29.0. The van der Waals surface area contributed by atoms with E-state index in [9.17, 15) is 22.8 Å². The third kappa shape index (κ3) is 11.2. The SMILES string of the molecule is CC(C)N(CCC(=O)N1CCSC1)C(=O)c1cc(Cl)cc(OCCNc2ccncc2)c1.O=C(O)C(F)(F)F. The van der Waals surface area contributed by atoms with Crippen molar-refractivity contribution in [2.24, 2.45) is 0 Å². The first-order chi connectivity index (χ1) is 18.4. The molecule has 2 N–H and O–H groups in total. The molecule has 0 saturated carbocycles. The van der Waals surface area contributed by atoms with Gasteiger partial charge in [0.25, 0.3) is 5.91 Å². The zero-order valence-corrected chi connectivity index (χ0v) is 23.0. The first-order valence-electron chi connectivity index (χ1n) is 11.9. The van der Waals surface area contributed by atoms with Crippen LogP contribution in [0.1, 0.15) is 30.6 Å². The third-order valence-electron chi connectivity index (χ3n) is 5.30. The summed E-state index contributed by atoms with van der Waals surface area (Å²) in [5.41, 5.74) is 1.41. The summed E-state index contributed by atoms with van der Waals surface area (Å²) in [6.07, 6.45) is -1.33. The number of carbonyl (C=O) groups is 3. The van der Waals surface area contributed by atoms with Crippen molar-refractivity contribution < 1.29 is 37.4 Å². The molecule has 14 heteroatoms. The van der Waals surface area contributed by atoms with E-state index in [1.165, 1.54) is 0 Å². The van der Waals surface area contributed by atoms with Crippen LogP contribution in [0, 0.1) is 0 Å². The second-order valence-electron chi connectivity index (χ2n) is 8.53. The molecule has 0 radical (unpaired) electrons. The fraction of sp³-hybridized carbons (Fsp3) is 0.440. The van der Waals surface area contributed by atoms with Crippen molar-refractivity contribution in [3.8, 4) is 5.75 Å². The number of amides is 2. The van der Waals surface area contributed by atoms with Crippen LogP contribution < -0.4 is 10.1 Å². The number of hydrogen-bond acceptors (Lipinski definition) is 7. The van der Waals surface area contributed by atoms with E-state index in [-0.39, 0.29) is 17.9 Å². The van der Waals surface area contributed by atoms with Gasteiger partial charge in [0.1, 0.15) is 12.4 Å². The molecule has 9 nitrogen and oxygen atoms in total. The van der Waals surface area contributed by atoms with Gasteiger partial charge in [-0.15, -0.1) is 11.8 Å². The molecule has 2 heterocycles. The molecule has 2 amide bonds. The van der Waals surface area contributed by atoms with E-state index in [1.807, 2.05) is 30.9 Å². The van der Waals surface area contributed by atoms with Gasteiger partial charge in [-0.1, -0.05) is 11.6 Å². The zero-order valence-electron chi connectivity index (χ0n) is 21.4. The fourth-order valence-corrected chi connectivity index (χ4v) is 4.55. The van der Waals surface area contributed by atoms with E-state index in [1.54, 1.807) is 47.3 Å². The smallest absolute Gasteiger partial charge is 0.490 e. The molecule has 0 aliphatic carbocycles. The van der Waals surface area contributed by atoms with Crippen molar-refractivity contribution in [3.05, 3.63) is 53.3 Å². The molecule has 214 valence electrons. The maximum atomic E-state index is 13.2. The summed E-state index contributed by atoms with van der Waals surface area (Å²) in [6.45, 7) is 6.04. The molecule has 1 aliphatic heterocycles. The number of anilines is 1. The molecule has 0 spiro atoms. The number of nitrogens with one attached hydrogen (secondary N) is 1. The number of carbonyl (C=O) groups excluding carboxylic acids is 2. The highest BCUT2D eigenvalue weighted by atomic mass is 35.5. The Kier molecular flexibility index (Phi) is 12.7. The van der Waals surface area contributed by atoms with E-state index in [2.05, 4.69) is 10.3 Å². The number of benzene rings is 1. The van der Waals surface area contributed by atoms with Crippen LogP contribution in [0.5, 0.6) is 5.75 Å². The number of halogens is 4. The number of nitrogens with zero attached hydrogens (tertiary/aromatic N) is 3. The van der Waals surface area contributed by atoms with Crippen molar-refractivity contribution in [1.82, 2.24) is 14.8 Å². The molecular formula is C25H30ClF3N4O5S. The number of carboxylic acids is 1. The number of aliphatic carboxylic acids is 1. The van der Waals surface area contributed by atoms with Gasteiger partial charge < -0.3 is 25.0 Å². The maximum Gasteiger partial charge on any atom is 0.490 e. The molecule has 0 atom stereocenters. The predicted molar refractivity (Wildman–Crippen MR) is 143 cm³/mol. The van der Waals surface area contributed by atoms with Gasteiger partial charge in [-0.25, -0.2) is 4.79 Å². The van der Waals surface area contributed by atoms with E-state index in [4.69, 9.17) is 26.2 Å². The number of thioether (sulfide) groups is 1. The molecule has 1 aliphatic rings. The summed E-state index contributed by atoms with van der Waals surface area (Å²) >= 11 is 8.02. The molecule has 0 unspecified atom stereocenters. The van der Waals surface area contributed by atoms with Crippen molar-refractivity contribution in [3.63, 3.8) is 0 Å². The predicted octanol–water partition coefficient (Wildman–Crippen LogP) is 4.63. The van der Waals surface area contributed by atoms with Crippen molar-refractivity contribution in [1.29, 1.82) is 0 Å². The van der Waals surface area contributed by atoms with Crippen molar-refractivity contribution >= 4 is 46.8 Å². The van der Waals surface area contributed by atoms with E-state index in [0.29, 0.717) is 42.5 Å². The van der Waals surface area contributed by atoms with Crippen LogP contribution in [0.2, 0.25) is 5.02 Å². The molecule has 1 fully saturated rings. The molecule has 1 saturated heterocycles. The van der Waals surface area contributed by atoms with Crippen LogP contribution in [0.3, 0.4) is 0 Å². The first kappa shape index (κ1) is 32.0. The number of ether oxygens (including phenoxy) is 1. The topological polar surface area (TPSA) is 112 Å². The summed E-state index contributed by atoms with van der Waals surface area (Å²) in [5.74, 6) is -0.587. The number of carboxylic acid groups (broad SMARTS) is 1. The average molecular weight is 591 g/mol. The molecule has 1 aromatic heterocycles. The quantitative estimate of drug-likeness (QED) is 0.385. The lowest BCUT2D eigenvalue weighted by molar-refractivity contribution is -0.192. The summed E-state index contributed by atoms with van der Waals surface area (Å²) < 4.78 is 37.5. The van der Waals surface area contributed by atoms with Gasteiger partial charge in [-0.05, 0) is 44.2 Å². The summed E-state index contributed by atoms with van der Waals surface area (Å²) in [4.78, 5) is 42.1. The Bertz CT molecular complexity index is 1100. The average Bonchev–Trinajstić information content (AvgIpc) is 3.42. The minimum Gasteiger partial charge on any atom is -0.492 e. The Morgan fingerprint density at radius 3 is 2.46 bits per heavy atom. The highest BCUT2D eigenvalue weighted by Crippen LogP contribution is 2.23. The molecule has 2 aromatic rings. The number of aromatic nitrogens is 1. The minimum atomic E-state index is -5.08. The van der Waals surface area contributed by atoms with Gasteiger partial charge in [0.05, 0.1) is 5.88 Å². The summed E-state index contributed by atoms with van der Waals surface area (Å²) in [7, 11) is 0. The summed E-state index contributed by atoms with van der Waals surface area (Å²) in [6, 6.07) is 8.75. The van der Waals surface area contributed by atoms with Crippen molar-refractivity contribution in [2.75, 3.05) is 43.2 Å². The monoisotopic (exact) mass is 590 g/mol. The van der Waals surface area contributed by atoms with Crippen LogP contribution in [-0.2, 0) is 9.59 Å². The van der Waals surface area contributed by atoms with Gasteiger partial charge in [0, 0.05) is 66.5 Å². The molecule has 0 bridgehead atoms. The maximum absolute atomic E-state index is 13.2. The third-order valence-corrected chi connectivity index (χ3v) is 6.48. The lowest BCUT2D eigenvalue weighted by Crippen LogP contribution is -2.40. The highest BCUT2D eigenvalue weighted by Gasteiger charge is 2.38. The number of hydrogen-bond donors (Lipinski definition) is 2. The number of pyridine rings is 1. The molecule has 3 rings (SSSR count). The molecular weight excluding hydrogens is 561 g/mol. The first-order valence-corrected chi connectivity index (χ1v) is 13.5. The lowest BCUT2D eigenvalue weighted by Gasteiger charge is -2.27. The number of alkyl halides is 3. The number of rotatable bonds is 10. The Morgan fingerprint density at radius 1 is 1.23 bits per heavy atom. The van der Waals surface area contributed by atoms with E-state index < -0.39 is 12.1 Å². The Labute approximate surface area is 233 Å². The van der Waals surface area contributed by atoms with E-state index >= 15 is 0 Å². The largest absolute Gasteiger partial charge is 0.492 e. The fourth-order valence-electron chi connectivity index (χ4n) is 3.35. The van der Waals surface area contributed by atoms with Crippen LogP contribution in [0.25, 0.3) is 0 Å². The van der Waals surface area contributed by atoms with Crippen LogP contribution in [0.15, 0.2) is 42.7 Å². The second-order valence-corrected chi connectivity index (χ2v) is 10.0. The van der Waals surface area contributed by atoms with Crippen LogP contribution in [0.4, 0.5) is 18.9 Å². The van der Waals surface area contributed by atoms with Gasteiger partial charge in [0.15, 0.2) is 0 Å². The Hall–Kier alpha value is -3.19. The highest BCUT2D eigenvalue weighted by molar-refractivity contribution is 7.99. The van der Waals surface area contributed by atoms with Gasteiger partial charge >= 0.3 is 12.1 Å². The molecule has 39 heavy (non-hydrogen) atoms. The normalized spacial score (nSPS) is 12.9. The Morgan fingerprint density at radius 2 is 1.90 bits per heavy atom. The minimum absolute atomic E-state index is 0.0452. The van der Waals surface area contributed by atoms with Gasteiger partial charge in [-0.3, -0.25) is 14.6 Å². The van der Waals surface area contributed by atoms with Crippen molar-refractivity contribution in [2.45, 2.75) is 32.5 Å². The standard InChI is InChI=1S/C23H29ClN4O3S.C2HF3O2/c1-17(2)28(9-5-22(29)27-10-12-32-16-27)23(30)18-13-19(24)15-21(14-18)31-11-8-26-20-3-6-25-7-4-20;3-2(4,5)1(6)7/h3-4,6-7,13-15,17H,5,8-12,16H2,1-2H3,(H,25,26);(H,6,7). The van der Waals surface area contributed by atoms with Crippen LogP contribution >= 0.6 is 23.4 Å². The second kappa shape index (κ2) is 15.4. The van der Waals surface area contributed by atoms with Gasteiger partial charge in [-0.2, -0.15) is 13.2 Å². The summed E-state index contributed by atoms with van der Waals surface area (Å²) in [5, 5.41) is 10.8. The molecule has 1 aromatic carbocycles. The van der Waals surface area contributed by atoms with E-state index in [0.717, 1.165) is 23.9 Å². The Balaban J connectivity index is 0.000000673.